The van der Waals surface area contributed by atoms with Gasteiger partial charge in [0.15, 0.2) is 0 Å². The molecule has 1 aliphatic heterocycles. The Hall–Kier alpha value is -2.13. The molecule has 0 unspecified atom stereocenters. The summed E-state index contributed by atoms with van der Waals surface area (Å²) in [5.74, 6) is 6.54. The molecule has 2 aromatic rings. The van der Waals surface area contributed by atoms with Crippen LogP contribution in [0.1, 0.15) is 22.6 Å². The van der Waals surface area contributed by atoms with Crippen LogP contribution in [0.15, 0.2) is 34.9 Å². The number of aryl methyl sites for hydroxylation is 1. The zero-order chi connectivity index (χ0) is 16.9. The van der Waals surface area contributed by atoms with Crippen LogP contribution in [0.25, 0.3) is 0 Å². The summed E-state index contributed by atoms with van der Waals surface area (Å²) in [5.41, 5.74) is 2.96. The Bertz CT molecular complexity index is 727. The van der Waals surface area contributed by atoms with E-state index in [-0.39, 0.29) is 18.6 Å². The van der Waals surface area contributed by atoms with Gasteiger partial charge in [-0.15, -0.1) is 0 Å². The normalized spacial score (nSPS) is 20.8. The highest BCUT2D eigenvalue weighted by Crippen LogP contribution is 2.23. The van der Waals surface area contributed by atoms with Gasteiger partial charge in [0, 0.05) is 43.6 Å². The van der Waals surface area contributed by atoms with Crippen LogP contribution >= 0.6 is 0 Å². The molecule has 5 heteroatoms. The third-order valence-corrected chi connectivity index (χ3v) is 4.29. The monoisotopic (exact) mass is 326 g/mol. The van der Waals surface area contributed by atoms with E-state index in [1.54, 1.807) is 0 Å². The average molecular weight is 326 g/mol. The van der Waals surface area contributed by atoms with Crippen molar-refractivity contribution in [2.45, 2.75) is 26.0 Å². The zero-order valence-corrected chi connectivity index (χ0v) is 13.8. The minimum absolute atomic E-state index is 0.125. The molecule has 126 valence electrons. The van der Waals surface area contributed by atoms with Gasteiger partial charge in [-0.2, -0.15) is 0 Å². The minimum atomic E-state index is -0.342. The van der Waals surface area contributed by atoms with Gasteiger partial charge < -0.3 is 14.7 Å². The van der Waals surface area contributed by atoms with Crippen LogP contribution in [-0.4, -0.2) is 46.1 Å². The zero-order valence-electron chi connectivity index (χ0n) is 13.8. The molecule has 2 atom stereocenters. The summed E-state index contributed by atoms with van der Waals surface area (Å²) in [5, 5.41) is 22.9. The molecule has 0 saturated carbocycles. The van der Waals surface area contributed by atoms with Gasteiger partial charge in [-0.3, -0.25) is 4.90 Å². The molecule has 1 aliphatic rings. The van der Waals surface area contributed by atoms with Gasteiger partial charge in [0.05, 0.1) is 11.8 Å². The van der Waals surface area contributed by atoms with Gasteiger partial charge in [0.2, 0.25) is 0 Å². The molecule has 0 bridgehead atoms. The first-order valence-electron chi connectivity index (χ1n) is 8.15. The number of β-amino-alcohol motifs (C(OH)–C–C–N with tert-alkyl or cyclic N) is 1. The second-order valence-electron chi connectivity index (χ2n) is 6.32. The number of aliphatic hydroxyl groups excluding tert-OH is 2. The molecule has 24 heavy (non-hydrogen) atoms. The summed E-state index contributed by atoms with van der Waals surface area (Å²) in [4.78, 5) is 2.26. The number of likely N-dealkylation sites (tertiary alicyclic amines) is 1. The fourth-order valence-electron chi connectivity index (χ4n) is 3.14. The first kappa shape index (κ1) is 16.7. The van der Waals surface area contributed by atoms with Crippen molar-refractivity contribution in [3.05, 3.63) is 52.9 Å². The summed E-state index contributed by atoms with van der Waals surface area (Å²) < 4.78 is 5.26. The summed E-state index contributed by atoms with van der Waals surface area (Å²) in [6.07, 6.45) is 0.374. The van der Waals surface area contributed by atoms with Gasteiger partial charge in [0.1, 0.15) is 12.4 Å². The molecule has 1 fully saturated rings. The molecule has 0 radical (unpaired) electrons. The van der Waals surface area contributed by atoms with E-state index in [0.717, 1.165) is 30.1 Å². The predicted octanol–water partition coefficient (Wildman–Crippen LogP) is 1.36. The number of aliphatic hydroxyl groups is 2. The second-order valence-corrected chi connectivity index (χ2v) is 6.32. The number of hydrogen-bond donors (Lipinski definition) is 2. The van der Waals surface area contributed by atoms with Crippen molar-refractivity contribution in [1.29, 1.82) is 0 Å². The van der Waals surface area contributed by atoms with Crippen molar-refractivity contribution < 1.29 is 14.7 Å². The van der Waals surface area contributed by atoms with Crippen molar-refractivity contribution in [1.82, 2.24) is 10.1 Å². The molecular formula is C19H22N2O3. The van der Waals surface area contributed by atoms with E-state index >= 15 is 0 Å². The number of rotatable bonds is 4. The van der Waals surface area contributed by atoms with Crippen LogP contribution in [0.3, 0.4) is 0 Å². The third kappa shape index (κ3) is 4.24. The summed E-state index contributed by atoms with van der Waals surface area (Å²) in [7, 11) is 0. The number of nitrogens with zero attached hydrogens (tertiary/aromatic N) is 2. The first-order valence-corrected chi connectivity index (χ1v) is 8.15. The van der Waals surface area contributed by atoms with Crippen LogP contribution < -0.4 is 0 Å². The molecule has 3 rings (SSSR count). The van der Waals surface area contributed by atoms with Gasteiger partial charge >= 0.3 is 0 Å². The Morgan fingerprint density at radius 3 is 2.75 bits per heavy atom. The van der Waals surface area contributed by atoms with Crippen LogP contribution in [0.4, 0.5) is 0 Å². The largest absolute Gasteiger partial charge is 0.391 e. The lowest BCUT2D eigenvalue weighted by molar-refractivity contribution is 0.137. The Morgan fingerprint density at radius 1 is 1.29 bits per heavy atom. The lowest BCUT2D eigenvalue weighted by Crippen LogP contribution is -2.21. The highest BCUT2D eigenvalue weighted by atomic mass is 16.5. The highest BCUT2D eigenvalue weighted by molar-refractivity contribution is 5.36. The fraction of sp³-hybridized carbons (Fsp3) is 0.421. The smallest absolute Gasteiger partial charge is 0.137 e. The number of benzene rings is 1. The van der Waals surface area contributed by atoms with E-state index in [1.807, 2.05) is 37.3 Å². The summed E-state index contributed by atoms with van der Waals surface area (Å²) in [6.45, 7) is 4.09. The standard InChI is InChI=1S/C19H22N2O3/c1-14-9-18(24-20-14)10-17-12-21(13-19(17)23)11-16-6-4-15(5-7-16)3-2-8-22/h4-7,9,17,19,22-23H,8,10-13H2,1H3/t17-,19-/m1/s1. The second kappa shape index (κ2) is 7.63. The van der Waals surface area contributed by atoms with E-state index in [0.29, 0.717) is 13.0 Å². The van der Waals surface area contributed by atoms with Gasteiger partial charge in [-0.1, -0.05) is 29.1 Å². The Balaban J connectivity index is 1.56. The molecule has 0 amide bonds. The van der Waals surface area contributed by atoms with Crippen molar-refractivity contribution in [3.63, 3.8) is 0 Å². The van der Waals surface area contributed by atoms with Gasteiger partial charge in [0.25, 0.3) is 0 Å². The quantitative estimate of drug-likeness (QED) is 0.831. The lowest BCUT2D eigenvalue weighted by Gasteiger charge is -2.15. The van der Waals surface area contributed by atoms with Crippen molar-refractivity contribution in [3.8, 4) is 11.8 Å². The summed E-state index contributed by atoms with van der Waals surface area (Å²) >= 11 is 0. The topological polar surface area (TPSA) is 69.7 Å². The maximum Gasteiger partial charge on any atom is 0.137 e. The van der Waals surface area contributed by atoms with E-state index in [2.05, 4.69) is 21.9 Å². The number of hydrogen-bond acceptors (Lipinski definition) is 5. The average Bonchev–Trinajstić information content (AvgIpc) is 3.13. The van der Waals surface area contributed by atoms with Crippen LogP contribution in [0, 0.1) is 24.7 Å². The van der Waals surface area contributed by atoms with Gasteiger partial charge in [-0.05, 0) is 24.6 Å². The predicted molar refractivity (Wildman–Crippen MR) is 90.1 cm³/mol. The Kier molecular flexibility index (Phi) is 5.31. The highest BCUT2D eigenvalue weighted by Gasteiger charge is 2.32. The van der Waals surface area contributed by atoms with Crippen LogP contribution in [0.5, 0.6) is 0 Å². The maximum absolute atomic E-state index is 10.3. The SMILES string of the molecule is Cc1cc(C[C@@H]2CN(Cc3ccc(C#CCO)cc3)C[C@H]2O)on1. The minimum Gasteiger partial charge on any atom is -0.391 e. The Morgan fingerprint density at radius 2 is 2.08 bits per heavy atom. The van der Waals surface area contributed by atoms with Crippen LogP contribution in [-0.2, 0) is 13.0 Å². The first-order chi connectivity index (χ1) is 11.6. The van der Waals surface area contributed by atoms with E-state index in [9.17, 15) is 5.11 Å². The summed E-state index contributed by atoms with van der Waals surface area (Å²) in [6, 6.07) is 9.93. The van der Waals surface area contributed by atoms with E-state index in [1.165, 1.54) is 5.56 Å². The molecule has 0 aliphatic carbocycles. The molecule has 1 aromatic heterocycles. The van der Waals surface area contributed by atoms with E-state index < -0.39 is 0 Å². The van der Waals surface area contributed by atoms with Crippen molar-refractivity contribution >= 4 is 0 Å². The Labute approximate surface area is 141 Å². The van der Waals surface area contributed by atoms with Crippen LogP contribution in [0.2, 0.25) is 0 Å². The molecule has 1 aromatic carbocycles. The number of aromatic nitrogens is 1. The fourth-order valence-corrected chi connectivity index (χ4v) is 3.14. The molecule has 1 saturated heterocycles. The van der Waals surface area contributed by atoms with Crippen molar-refractivity contribution in [2.75, 3.05) is 19.7 Å². The molecular weight excluding hydrogens is 304 g/mol. The maximum atomic E-state index is 10.3. The van der Waals surface area contributed by atoms with Crippen molar-refractivity contribution in [2.24, 2.45) is 5.92 Å². The molecule has 5 nitrogen and oxygen atoms in total. The van der Waals surface area contributed by atoms with Gasteiger partial charge in [-0.25, -0.2) is 0 Å². The van der Waals surface area contributed by atoms with E-state index in [4.69, 9.17) is 9.63 Å². The third-order valence-electron chi connectivity index (χ3n) is 4.29. The lowest BCUT2D eigenvalue weighted by atomic mass is 10.0. The molecule has 2 heterocycles. The molecule has 0 spiro atoms. The molecule has 2 N–H and O–H groups in total.